The maximum atomic E-state index is 12.9. The van der Waals surface area contributed by atoms with Crippen LogP contribution in [0.5, 0.6) is 0 Å². The minimum Gasteiger partial charge on any atom is -0.463 e. The van der Waals surface area contributed by atoms with Crippen molar-refractivity contribution in [3.8, 4) is 0 Å². The molecule has 0 aliphatic heterocycles. The molecule has 0 saturated heterocycles. The molecule has 1 unspecified atom stereocenters. The van der Waals surface area contributed by atoms with Crippen LogP contribution in [0.25, 0.3) is 11.0 Å². The second kappa shape index (κ2) is 8.08. The van der Waals surface area contributed by atoms with Crippen molar-refractivity contribution < 1.29 is 18.7 Å². The summed E-state index contributed by atoms with van der Waals surface area (Å²) in [6.07, 6.45) is -0.157. The highest BCUT2D eigenvalue weighted by Gasteiger charge is 2.24. The van der Waals surface area contributed by atoms with Gasteiger partial charge in [0.15, 0.2) is 5.76 Å². The third-order valence-corrected chi connectivity index (χ3v) is 4.30. The van der Waals surface area contributed by atoms with E-state index in [1.54, 1.807) is 13.8 Å². The molecule has 3 aromatic rings. The number of fused-ring (bicyclic) bond motifs is 1. The molecule has 0 radical (unpaired) electrons. The Hall–Kier alpha value is -3.08. The van der Waals surface area contributed by atoms with E-state index >= 15 is 0 Å². The molecule has 1 heterocycles. The van der Waals surface area contributed by atoms with Gasteiger partial charge in [0.05, 0.1) is 18.6 Å². The molecule has 5 heteroatoms. The Bertz CT molecular complexity index is 943. The average molecular weight is 365 g/mol. The number of ether oxygens (including phenoxy) is 1. The van der Waals surface area contributed by atoms with Crippen molar-refractivity contribution in [2.45, 2.75) is 39.3 Å². The van der Waals surface area contributed by atoms with Crippen LogP contribution in [-0.4, -0.2) is 18.0 Å². The van der Waals surface area contributed by atoms with Crippen molar-refractivity contribution in [3.05, 3.63) is 71.5 Å². The lowest BCUT2D eigenvalue weighted by molar-refractivity contribution is -0.147. The van der Waals surface area contributed by atoms with Gasteiger partial charge in [0.25, 0.3) is 5.91 Å². The maximum absolute atomic E-state index is 12.9. The first-order valence-electron chi connectivity index (χ1n) is 8.99. The highest BCUT2D eigenvalue weighted by Crippen LogP contribution is 2.26. The topological polar surface area (TPSA) is 68.5 Å². The van der Waals surface area contributed by atoms with Crippen molar-refractivity contribution in [2.75, 3.05) is 0 Å². The fourth-order valence-electron chi connectivity index (χ4n) is 3.03. The number of carbonyl (C=O) groups is 2. The Morgan fingerprint density at radius 2 is 1.70 bits per heavy atom. The van der Waals surface area contributed by atoms with Gasteiger partial charge in [-0.05, 0) is 32.4 Å². The number of amides is 1. The lowest BCUT2D eigenvalue weighted by Crippen LogP contribution is -2.31. The molecular weight excluding hydrogens is 342 g/mol. The normalized spacial score (nSPS) is 12.1. The molecule has 1 N–H and O–H groups in total. The summed E-state index contributed by atoms with van der Waals surface area (Å²) in [6.45, 7) is 5.45. The highest BCUT2D eigenvalue weighted by atomic mass is 16.5. The minimum atomic E-state index is -0.502. The van der Waals surface area contributed by atoms with Crippen molar-refractivity contribution in [1.82, 2.24) is 5.32 Å². The quantitative estimate of drug-likeness (QED) is 0.651. The number of rotatable bonds is 6. The Morgan fingerprint density at radius 3 is 2.37 bits per heavy atom. The van der Waals surface area contributed by atoms with Crippen molar-refractivity contribution in [1.29, 1.82) is 0 Å². The summed E-state index contributed by atoms with van der Waals surface area (Å²) in [7, 11) is 0. The summed E-state index contributed by atoms with van der Waals surface area (Å²) in [5.74, 6) is -0.454. The van der Waals surface area contributed by atoms with Crippen LogP contribution in [-0.2, 0) is 9.53 Å². The van der Waals surface area contributed by atoms with Gasteiger partial charge in [-0.15, -0.1) is 0 Å². The molecule has 0 saturated carbocycles. The first-order valence-corrected chi connectivity index (χ1v) is 8.99. The van der Waals surface area contributed by atoms with Gasteiger partial charge in [0.2, 0.25) is 0 Å². The van der Waals surface area contributed by atoms with Crippen LogP contribution in [0.2, 0.25) is 0 Å². The van der Waals surface area contributed by atoms with Crippen LogP contribution in [0.1, 0.15) is 48.0 Å². The fourth-order valence-corrected chi connectivity index (χ4v) is 3.03. The third-order valence-electron chi connectivity index (χ3n) is 4.30. The Labute approximate surface area is 158 Å². The standard InChI is InChI=1S/C22H23NO4/c1-14(2)26-20(24)13-18(16-9-5-4-6-10-16)23-22(25)21-15(3)17-11-7-8-12-19(17)27-21/h4-12,14,18H,13H2,1-3H3,(H,23,25). The van der Waals surface area contributed by atoms with E-state index in [-0.39, 0.29) is 30.2 Å². The highest BCUT2D eigenvalue weighted by molar-refractivity contribution is 5.99. The smallest absolute Gasteiger partial charge is 0.308 e. The predicted octanol–water partition coefficient (Wildman–Crippen LogP) is 4.55. The number of benzene rings is 2. The van der Waals surface area contributed by atoms with Crippen molar-refractivity contribution in [2.24, 2.45) is 0 Å². The summed E-state index contributed by atoms with van der Waals surface area (Å²) < 4.78 is 11.0. The lowest BCUT2D eigenvalue weighted by atomic mass is 10.0. The largest absolute Gasteiger partial charge is 0.463 e. The monoisotopic (exact) mass is 365 g/mol. The zero-order chi connectivity index (χ0) is 19.4. The number of carbonyl (C=O) groups excluding carboxylic acids is 2. The summed E-state index contributed by atoms with van der Waals surface area (Å²) in [6, 6.07) is 16.4. The maximum Gasteiger partial charge on any atom is 0.308 e. The predicted molar refractivity (Wildman–Crippen MR) is 103 cm³/mol. The van der Waals surface area contributed by atoms with Gasteiger partial charge >= 0.3 is 5.97 Å². The van der Waals surface area contributed by atoms with Gasteiger partial charge in [0.1, 0.15) is 5.58 Å². The summed E-state index contributed by atoms with van der Waals surface area (Å²) in [4.78, 5) is 25.0. The lowest BCUT2D eigenvalue weighted by Gasteiger charge is -2.19. The zero-order valence-electron chi connectivity index (χ0n) is 15.7. The van der Waals surface area contributed by atoms with Gasteiger partial charge in [-0.25, -0.2) is 0 Å². The van der Waals surface area contributed by atoms with E-state index in [9.17, 15) is 9.59 Å². The van der Waals surface area contributed by atoms with E-state index in [2.05, 4.69) is 5.32 Å². The number of hydrogen-bond acceptors (Lipinski definition) is 4. The van der Waals surface area contributed by atoms with Crippen molar-refractivity contribution in [3.63, 3.8) is 0 Å². The second-order valence-corrected chi connectivity index (χ2v) is 6.73. The van der Waals surface area contributed by atoms with Crippen LogP contribution in [0.3, 0.4) is 0 Å². The van der Waals surface area contributed by atoms with Gasteiger partial charge in [-0.3, -0.25) is 9.59 Å². The van der Waals surface area contributed by atoms with E-state index in [1.165, 1.54) is 0 Å². The number of furan rings is 1. The van der Waals surface area contributed by atoms with E-state index < -0.39 is 6.04 Å². The van der Waals surface area contributed by atoms with E-state index in [1.807, 2.05) is 61.5 Å². The second-order valence-electron chi connectivity index (χ2n) is 6.73. The molecule has 0 aliphatic rings. The van der Waals surface area contributed by atoms with E-state index in [0.29, 0.717) is 5.58 Å². The molecule has 27 heavy (non-hydrogen) atoms. The molecule has 1 amide bonds. The van der Waals surface area contributed by atoms with Gasteiger partial charge in [-0.2, -0.15) is 0 Å². The van der Waals surface area contributed by atoms with Crippen LogP contribution < -0.4 is 5.32 Å². The van der Waals surface area contributed by atoms with Crippen LogP contribution in [0.15, 0.2) is 59.0 Å². The number of nitrogens with one attached hydrogen (secondary N) is 1. The molecule has 1 atom stereocenters. The number of para-hydroxylation sites is 1. The van der Waals surface area contributed by atoms with E-state index in [4.69, 9.17) is 9.15 Å². The molecule has 0 spiro atoms. The number of aryl methyl sites for hydroxylation is 1. The minimum absolute atomic E-state index is 0.0488. The molecule has 1 aromatic heterocycles. The SMILES string of the molecule is Cc1c(C(=O)NC(CC(=O)OC(C)C)c2ccccc2)oc2ccccc12. The van der Waals surface area contributed by atoms with Gasteiger partial charge in [0, 0.05) is 10.9 Å². The van der Waals surface area contributed by atoms with Gasteiger partial charge in [-0.1, -0.05) is 48.5 Å². The molecule has 140 valence electrons. The van der Waals surface area contributed by atoms with E-state index in [0.717, 1.165) is 16.5 Å². The number of hydrogen-bond donors (Lipinski definition) is 1. The summed E-state index contributed by atoms with van der Waals surface area (Å²) in [5.41, 5.74) is 2.27. The van der Waals surface area contributed by atoms with Gasteiger partial charge < -0.3 is 14.5 Å². The first kappa shape index (κ1) is 18.7. The molecule has 5 nitrogen and oxygen atoms in total. The molecule has 0 aliphatic carbocycles. The molecule has 2 aromatic carbocycles. The Morgan fingerprint density at radius 1 is 1.04 bits per heavy atom. The van der Waals surface area contributed by atoms with Crippen LogP contribution >= 0.6 is 0 Å². The summed E-state index contributed by atoms with van der Waals surface area (Å²) in [5, 5.41) is 3.82. The third kappa shape index (κ3) is 4.37. The zero-order valence-corrected chi connectivity index (χ0v) is 15.7. The van der Waals surface area contributed by atoms with Crippen molar-refractivity contribution >= 4 is 22.8 Å². The number of esters is 1. The fraction of sp³-hybridized carbons (Fsp3) is 0.273. The van der Waals surface area contributed by atoms with Crippen LogP contribution in [0, 0.1) is 6.92 Å². The first-order chi connectivity index (χ1) is 13.0. The molecule has 3 rings (SSSR count). The molecule has 0 fully saturated rings. The molecule has 0 bridgehead atoms. The van der Waals surface area contributed by atoms with Crippen LogP contribution in [0.4, 0.5) is 0 Å². The Kier molecular flexibility index (Phi) is 5.60. The average Bonchev–Trinajstić information content (AvgIpc) is 2.98. The summed E-state index contributed by atoms with van der Waals surface area (Å²) >= 11 is 0. The Balaban J connectivity index is 1.85. The molecular formula is C22H23NO4.